The molecule has 1 aromatic carbocycles. The van der Waals surface area contributed by atoms with Gasteiger partial charge in [0.05, 0.1) is 13.3 Å². The van der Waals surface area contributed by atoms with E-state index in [1.807, 2.05) is 24.3 Å². The van der Waals surface area contributed by atoms with Crippen molar-refractivity contribution in [2.24, 2.45) is 0 Å². The van der Waals surface area contributed by atoms with Crippen LogP contribution < -0.4 is 15.0 Å². The van der Waals surface area contributed by atoms with Crippen LogP contribution >= 0.6 is 0 Å². The van der Waals surface area contributed by atoms with Crippen LogP contribution in [-0.4, -0.2) is 35.4 Å². The van der Waals surface area contributed by atoms with Crippen LogP contribution in [0.15, 0.2) is 30.5 Å². The molecule has 22 heavy (non-hydrogen) atoms. The number of nitrogens with zero attached hydrogens (tertiary/aromatic N) is 4. The third-order valence-electron chi connectivity index (χ3n) is 3.78. The SMILES string of the molecule is COc1cccc(Nc2cnnc(N3CCCCCC3)n2)c1. The Morgan fingerprint density at radius 3 is 2.73 bits per heavy atom. The van der Waals surface area contributed by atoms with E-state index in [9.17, 15) is 0 Å². The minimum absolute atomic E-state index is 0.697. The second kappa shape index (κ2) is 7.06. The summed E-state index contributed by atoms with van der Waals surface area (Å²) in [5.41, 5.74) is 0.918. The molecular weight excluding hydrogens is 278 g/mol. The molecule has 0 atom stereocenters. The summed E-state index contributed by atoms with van der Waals surface area (Å²) < 4.78 is 5.23. The highest BCUT2D eigenvalue weighted by atomic mass is 16.5. The van der Waals surface area contributed by atoms with Gasteiger partial charge in [-0.25, -0.2) is 0 Å². The highest BCUT2D eigenvalue weighted by Crippen LogP contribution is 2.21. The molecule has 0 spiro atoms. The van der Waals surface area contributed by atoms with E-state index >= 15 is 0 Å². The maximum atomic E-state index is 5.23. The van der Waals surface area contributed by atoms with Crippen LogP contribution in [-0.2, 0) is 0 Å². The molecule has 3 rings (SSSR count). The zero-order chi connectivity index (χ0) is 15.2. The topological polar surface area (TPSA) is 63.2 Å². The molecule has 0 saturated carbocycles. The lowest BCUT2D eigenvalue weighted by atomic mass is 10.2. The monoisotopic (exact) mass is 299 g/mol. The molecule has 0 amide bonds. The molecule has 1 aromatic heterocycles. The lowest BCUT2D eigenvalue weighted by Crippen LogP contribution is -2.26. The molecule has 6 nitrogen and oxygen atoms in total. The number of benzene rings is 1. The average molecular weight is 299 g/mol. The van der Waals surface area contributed by atoms with Crippen molar-refractivity contribution in [3.63, 3.8) is 0 Å². The summed E-state index contributed by atoms with van der Waals surface area (Å²) >= 11 is 0. The summed E-state index contributed by atoms with van der Waals surface area (Å²) in [7, 11) is 1.66. The zero-order valence-corrected chi connectivity index (χ0v) is 12.8. The molecule has 116 valence electrons. The molecule has 0 aliphatic carbocycles. The van der Waals surface area contributed by atoms with E-state index in [2.05, 4.69) is 25.4 Å². The first-order valence-corrected chi connectivity index (χ1v) is 7.71. The summed E-state index contributed by atoms with van der Waals surface area (Å²) in [6.45, 7) is 2.01. The Hall–Kier alpha value is -2.37. The summed E-state index contributed by atoms with van der Waals surface area (Å²) in [6, 6.07) is 7.74. The molecule has 1 fully saturated rings. The Labute approximate surface area is 130 Å². The first kappa shape index (κ1) is 14.6. The van der Waals surface area contributed by atoms with Crippen molar-refractivity contribution in [2.75, 3.05) is 30.4 Å². The summed E-state index contributed by atoms with van der Waals surface area (Å²) in [5.74, 6) is 2.21. The summed E-state index contributed by atoms with van der Waals surface area (Å²) in [4.78, 5) is 6.81. The number of anilines is 3. The van der Waals surface area contributed by atoms with E-state index < -0.39 is 0 Å². The maximum Gasteiger partial charge on any atom is 0.247 e. The predicted molar refractivity (Wildman–Crippen MR) is 86.8 cm³/mol. The van der Waals surface area contributed by atoms with Crippen LogP contribution in [0.4, 0.5) is 17.5 Å². The van der Waals surface area contributed by atoms with Crippen molar-refractivity contribution < 1.29 is 4.74 Å². The van der Waals surface area contributed by atoms with Gasteiger partial charge in [0.15, 0.2) is 5.82 Å². The number of nitrogens with one attached hydrogen (secondary N) is 1. The van der Waals surface area contributed by atoms with Crippen LogP contribution in [0.5, 0.6) is 5.75 Å². The number of rotatable bonds is 4. The van der Waals surface area contributed by atoms with Crippen LogP contribution in [0, 0.1) is 0 Å². The molecular formula is C16H21N5O. The van der Waals surface area contributed by atoms with E-state index in [-0.39, 0.29) is 0 Å². The van der Waals surface area contributed by atoms with Gasteiger partial charge < -0.3 is 15.0 Å². The second-order valence-corrected chi connectivity index (χ2v) is 5.40. The van der Waals surface area contributed by atoms with E-state index in [1.54, 1.807) is 13.3 Å². The molecule has 2 aromatic rings. The normalized spacial score (nSPS) is 15.2. The fourth-order valence-electron chi connectivity index (χ4n) is 2.61. The average Bonchev–Trinajstić information content (AvgIpc) is 2.84. The minimum atomic E-state index is 0.697. The van der Waals surface area contributed by atoms with Crippen LogP contribution in [0.1, 0.15) is 25.7 Å². The standard InChI is InChI=1S/C16H21N5O/c1-22-14-8-6-7-13(11-14)18-15-12-17-20-16(19-15)21-9-4-2-3-5-10-21/h6-8,11-12H,2-5,9-10H2,1H3,(H,18,19,20). The number of methoxy groups -OCH3 is 1. The van der Waals surface area contributed by atoms with Gasteiger partial charge in [0.25, 0.3) is 0 Å². The zero-order valence-electron chi connectivity index (χ0n) is 12.8. The number of ether oxygens (including phenoxy) is 1. The van der Waals surface area contributed by atoms with E-state index in [1.165, 1.54) is 25.7 Å². The van der Waals surface area contributed by atoms with E-state index in [0.29, 0.717) is 11.8 Å². The van der Waals surface area contributed by atoms with Crippen LogP contribution in [0.2, 0.25) is 0 Å². The van der Waals surface area contributed by atoms with Gasteiger partial charge in [0, 0.05) is 24.8 Å². The minimum Gasteiger partial charge on any atom is -0.497 e. The summed E-state index contributed by atoms with van der Waals surface area (Å²) in [6.07, 6.45) is 6.59. The fraction of sp³-hybridized carbons (Fsp3) is 0.438. The first-order valence-electron chi connectivity index (χ1n) is 7.71. The molecule has 0 bridgehead atoms. The van der Waals surface area contributed by atoms with E-state index in [4.69, 9.17) is 4.74 Å². The van der Waals surface area contributed by atoms with Crippen LogP contribution in [0.3, 0.4) is 0 Å². The Morgan fingerprint density at radius 1 is 1.14 bits per heavy atom. The fourth-order valence-corrected chi connectivity index (χ4v) is 2.61. The van der Waals surface area contributed by atoms with Gasteiger partial charge in [-0.15, -0.1) is 5.10 Å². The number of hydrogen-bond donors (Lipinski definition) is 1. The van der Waals surface area contributed by atoms with Crippen molar-refractivity contribution in [2.45, 2.75) is 25.7 Å². The largest absolute Gasteiger partial charge is 0.497 e. The van der Waals surface area contributed by atoms with Gasteiger partial charge in [-0.05, 0) is 25.0 Å². The van der Waals surface area contributed by atoms with Crippen LogP contribution in [0.25, 0.3) is 0 Å². The highest BCUT2D eigenvalue weighted by Gasteiger charge is 2.13. The van der Waals surface area contributed by atoms with Crippen molar-refractivity contribution in [3.8, 4) is 5.75 Å². The Bertz CT molecular complexity index is 611. The molecule has 1 saturated heterocycles. The molecule has 1 N–H and O–H groups in total. The second-order valence-electron chi connectivity index (χ2n) is 5.40. The molecule has 1 aliphatic rings. The van der Waals surface area contributed by atoms with Crippen molar-refractivity contribution in [3.05, 3.63) is 30.5 Å². The smallest absolute Gasteiger partial charge is 0.247 e. The van der Waals surface area contributed by atoms with Gasteiger partial charge in [-0.1, -0.05) is 18.9 Å². The van der Waals surface area contributed by atoms with Gasteiger partial charge in [-0.3, -0.25) is 0 Å². The maximum absolute atomic E-state index is 5.23. The lowest BCUT2D eigenvalue weighted by Gasteiger charge is -2.19. The lowest BCUT2D eigenvalue weighted by molar-refractivity contribution is 0.415. The number of hydrogen-bond acceptors (Lipinski definition) is 6. The molecule has 6 heteroatoms. The first-order chi connectivity index (χ1) is 10.8. The number of aromatic nitrogens is 3. The Kier molecular flexibility index (Phi) is 4.68. The van der Waals surface area contributed by atoms with Gasteiger partial charge in [0.1, 0.15) is 5.75 Å². The Morgan fingerprint density at radius 2 is 1.95 bits per heavy atom. The highest BCUT2D eigenvalue weighted by molar-refractivity contribution is 5.58. The van der Waals surface area contributed by atoms with Crippen molar-refractivity contribution in [1.82, 2.24) is 15.2 Å². The summed E-state index contributed by atoms with van der Waals surface area (Å²) in [5, 5.41) is 11.5. The predicted octanol–water partition coefficient (Wildman–Crippen LogP) is 3.00. The van der Waals surface area contributed by atoms with Crippen molar-refractivity contribution in [1.29, 1.82) is 0 Å². The molecule has 0 unspecified atom stereocenters. The van der Waals surface area contributed by atoms with Gasteiger partial charge >= 0.3 is 0 Å². The quantitative estimate of drug-likeness (QED) is 0.936. The third-order valence-corrected chi connectivity index (χ3v) is 3.78. The van der Waals surface area contributed by atoms with Crippen molar-refractivity contribution >= 4 is 17.5 Å². The molecule has 0 radical (unpaired) electrons. The Balaban J connectivity index is 1.75. The molecule has 2 heterocycles. The van der Waals surface area contributed by atoms with E-state index in [0.717, 1.165) is 24.5 Å². The van der Waals surface area contributed by atoms with Gasteiger partial charge in [-0.2, -0.15) is 10.1 Å². The van der Waals surface area contributed by atoms with Gasteiger partial charge in [0.2, 0.25) is 5.95 Å². The third kappa shape index (κ3) is 3.63. The molecule has 1 aliphatic heterocycles.